The summed E-state index contributed by atoms with van der Waals surface area (Å²) >= 11 is 0. The largest absolute Gasteiger partial charge is 0.312 e. The van der Waals surface area contributed by atoms with Gasteiger partial charge in [0, 0.05) is 36.7 Å². The Morgan fingerprint density at radius 3 is 2.44 bits per heavy atom. The molecule has 0 radical (unpaired) electrons. The van der Waals surface area contributed by atoms with Gasteiger partial charge < -0.3 is 4.90 Å². The molecule has 1 aromatic heterocycles. The topological polar surface area (TPSA) is 126 Å². The van der Waals surface area contributed by atoms with Gasteiger partial charge in [0.25, 0.3) is 10.0 Å². The van der Waals surface area contributed by atoms with Gasteiger partial charge in [0.15, 0.2) is 14.9 Å². The van der Waals surface area contributed by atoms with Crippen molar-refractivity contribution in [3.05, 3.63) is 60.2 Å². The van der Waals surface area contributed by atoms with E-state index in [2.05, 4.69) is 14.9 Å². The maximum absolute atomic E-state index is 12.9. The Morgan fingerprint density at radius 1 is 1.00 bits per heavy atom. The summed E-state index contributed by atoms with van der Waals surface area (Å²) in [6.45, 7) is 2.01. The van der Waals surface area contributed by atoms with Gasteiger partial charge >= 0.3 is 0 Å². The van der Waals surface area contributed by atoms with Gasteiger partial charge in [-0.2, -0.15) is 0 Å². The number of nitrogens with zero attached hydrogens (tertiary/aromatic N) is 3. The van der Waals surface area contributed by atoms with E-state index < -0.39 is 19.9 Å². The van der Waals surface area contributed by atoms with Crippen molar-refractivity contribution < 1.29 is 21.6 Å². The lowest BCUT2D eigenvalue weighted by molar-refractivity contribution is -0.116. The molecule has 0 bridgehead atoms. The Bertz CT molecular complexity index is 1420. The van der Waals surface area contributed by atoms with Crippen molar-refractivity contribution in [2.24, 2.45) is 0 Å². The summed E-state index contributed by atoms with van der Waals surface area (Å²) in [6, 6.07) is 14.1. The van der Waals surface area contributed by atoms with Crippen LogP contribution in [0.1, 0.15) is 12.5 Å². The van der Waals surface area contributed by atoms with Crippen molar-refractivity contribution in [1.29, 1.82) is 0 Å². The van der Waals surface area contributed by atoms with Crippen LogP contribution in [0.3, 0.4) is 0 Å². The van der Waals surface area contributed by atoms with Crippen molar-refractivity contribution in [2.75, 3.05) is 22.4 Å². The molecule has 0 atom stereocenters. The maximum Gasteiger partial charge on any atom is 0.261 e. The zero-order chi connectivity index (χ0) is 23.1. The molecular weight excluding hydrogens is 452 g/mol. The number of rotatable bonds is 5. The maximum atomic E-state index is 12.9. The van der Waals surface area contributed by atoms with Crippen LogP contribution in [0.25, 0.3) is 11.3 Å². The number of sulfone groups is 1. The Hall–Kier alpha value is -3.31. The first-order valence-corrected chi connectivity index (χ1v) is 13.0. The minimum Gasteiger partial charge on any atom is -0.312 e. The molecule has 0 fully saturated rings. The lowest BCUT2D eigenvalue weighted by Gasteiger charge is -2.15. The molecular formula is C21H20N4O5S2. The minimum atomic E-state index is -3.87. The molecule has 3 aromatic rings. The molecule has 2 aromatic carbocycles. The molecule has 0 unspecified atom stereocenters. The van der Waals surface area contributed by atoms with E-state index >= 15 is 0 Å². The molecule has 166 valence electrons. The molecule has 0 saturated heterocycles. The second-order valence-electron chi connectivity index (χ2n) is 7.43. The van der Waals surface area contributed by atoms with E-state index in [1.807, 2.05) is 0 Å². The van der Waals surface area contributed by atoms with Crippen molar-refractivity contribution >= 4 is 37.1 Å². The molecule has 1 amide bonds. The summed E-state index contributed by atoms with van der Waals surface area (Å²) in [6.07, 6.45) is 1.64. The summed E-state index contributed by atoms with van der Waals surface area (Å²) < 4.78 is 51.5. The second kappa shape index (κ2) is 7.99. The SMILES string of the molecule is CC(=O)N1CCc2cc(S(=O)(=O)Nc3cccc(-c4ccc(S(C)(=O)=O)nn4)c3)ccc21. The van der Waals surface area contributed by atoms with E-state index in [0.29, 0.717) is 29.9 Å². The van der Waals surface area contributed by atoms with Gasteiger partial charge in [-0.3, -0.25) is 9.52 Å². The van der Waals surface area contributed by atoms with Gasteiger partial charge in [-0.15, -0.1) is 10.2 Å². The van der Waals surface area contributed by atoms with Crippen LogP contribution in [0.15, 0.2) is 64.5 Å². The highest BCUT2D eigenvalue weighted by atomic mass is 32.2. The predicted molar refractivity (Wildman–Crippen MR) is 120 cm³/mol. The predicted octanol–water partition coefficient (Wildman–Crippen LogP) is 2.26. The molecule has 1 N–H and O–H groups in total. The van der Waals surface area contributed by atoms with E-state index in [-0.39, 0.29) is 15.8 Å². The number of carbonyl (C=O) groups excluding carboxylic acids is 1. The summed E-state index contributed by atoms with van der Waals surface area (Å²) in [5.74, 6) is -0.0815. The third-order valence-corrected chi connectivity index (χ3v) is 7.42. The van der Waals surface area contributed by atoms with Crippen LogP contribution in [-0.2, 0) is 31.1 Å². The lowest BCUT2D eigenvalue weighted by atomic mass is 10.1. The van der Waals surface area contributed by atoms with Crippen LogP contribution in [0, 0.1) is 0 Å². The number of benzene rings is 2. The lowest BCUT2D eigenvalue weighted by Crippen LogP contribution is -2.25. The van der Waals surface area contributed by atoms with Gasteiger partial charge in [0.1, 0.15) is 0 Å². The van der Waals surface area contributed by atoms with Crippen molar-refractivity contribution in [2.45, 2.75) is 23.3 Å². The Kier molecular flexibility index (Phi) is 5.47. The quantitative estimate of drug-likeness (QED) is 0.603. The molecule has 1 aliphatic heterocycles. The average Bonchev–Trinajstić information content (AvgIpc) is 3.17. The zero-order valence-corrected chi connectivity index (χ0v) is 18.9. The van der Waals surface area contributed by atoms with Crippen LogP contribution < -0.4 is 9.62 Å². The molecule has 4 rings (SSSR count). The smallest absolute Gasteiger partial charge is 0.261 e. The molecule has 0 spiro atoms. The molecule has 0 aliphatic carbocycles. The molecule has 0 saturated carbocycles. The standard InChI is InChI=1S/C21H20N4O5S2/c1-14(26)25-11-10-16-13-18(6-8-20(16)25)32(29,30)24-17-5-3-4-15(12-17)19-7-9-21(23-22-19)31(2,27)28/h3-9,12-13,24H,10-11H2,1-2H3. The summed E-state index contributed by atoms with van der Waals surface area (Å²) in [5, 5.41) is 7.52. The van der Waals surface area contributed by atoms with E-state index in [1.54, 1.807) is 41.3 Å². The monoisotopic (exact) mass is 472 g/mol. The average molecular weight is 473 g/mol. The van der Waals surface area contributed by atoms with Gasteiger partial charge in [-0.25, -0.2) is 16.8 Å². The normalized spacial score (nSPS) is 13.6. The number of aromatic nitrogens is 2. The van der Waals surface area contributed by atoms with Crippen molar-refractivity contribution in [1.82, 2.24) is 10.2 Å². The van der Waals surface area contributed by atoms with Crippen LogP contribution in [0.5, 0.6) is 0 Å². The fourth-order valence-corrected chi connectivity index (χ4v) is 5.10. The fourth-order valence-electron chi connectivity index (χ4n) is 3.50. The first-order valence-electron chi connectivity index (χ1n) is 9.63. The highest BCUT2D eigenvalue weighted by Gasteiger charge is 2.25. The van der Waals surface area contributed by atoms with Crippen LogP contribution in [0.4, 0.5) is 11.4 Å². The second-order valence-corrected chi connectivity index (χ2v) is 11.1. The number of amides is 1. The molecule has 9 nitrogen and oxygen atoms in total. The number of hydrogen-bond acceptors (Lipinski definition) is 7. The van der Waals surface area contributed by atoms with Crippen LogP contribution in [0.2, 0.25) is 0 Å². The fraction of sp³-hybridized carbons (Fsp3) is 0.190. The van der Waals surface area contributed by atoms with Crippen molar-refractivity contribution in [3.63, 3.8) is 0 Å². The molecule has 1 aliphatic rings. The highest BCUT2D eigenvalue weighted by Crippen LogP contribution is 2.31. The number of sulfonamides is 1. The van der Waals surface area contributed by atoms with Gasteiger partial charge in [0.05, 0.1) is 10.6 Å². The van der Waals surface area contributed by atoms with Gasteiger partial charge in [0.2, 0.25) is 5.91 Å². The van der Waals surface area contributed by atoms with Gasteiger partial charge in [-0.05, 0) is 54.4 Å². The first-order chi connectivity index (χ1) is 15.0. The molecule has 2 heterocycles. The Morgan fingerprint density at radius 2 is 1.78 bits per heavy atom. The van der Waals surface area contributed by atoms with Crippen molar-refractivity contribution in [3.8, 4) is 11.3 Å². The van der Waals surface area contributed by atoms with E-state index in [1.165, 1.54) is 25.1 Å². The summed E-state index contributed by atoms with van der Waals surface area (Å²) in [7, 11) is -7.33. The highest BCUT2D eigenvalue weighted by molar-refractivity contribution is 7.92. The Balaban J connectivity index is 1.59. The zero-order valence-electron chi connectivity index (χ0n) is 17.3. The number of hydrogen-bond donors (Lipinski definition) is 1. The first kappa shape index (κ1) is 21.9. The van der Waals surface area contributed by atoms with Gasteiger partial charge in [-0.1, -0.05) is 12.1 Å². The van der Waals surface area contributed by atoms with Crippen LogP contribution in [-0.4, -0.2) is 45.7 Å². The van der Waals surface area contributed by atoms with Crippen LogP contribution >= 0.6 is 0 Å². The number of anilines is 2. The molecule has 11 heteroatoms. The van der Waals surface area contributed by atoms with E-state index in [4.69, 9.17) is 0 Å². The minimum absolute atomic E-state index is 0.0815. The van der Waals surface area contributed by atoms with E-state index in [9.17, 15) is 21.6 Å². The Labute approximate surface area is 186 Å². The number of nitrogens with one attached hydrogen (secondary N) is 1. The third-order valence-electron chi connectivity index (χ3n) is 5.07. The summed E-state index contributed by atoms with van der Waals surface area (Å²) in [5.41, 5.74) is 2.83. The third kappa shape index (κ3) is 4.34. The molecule has 32 heavy (non-hydrogen) atoms. The summed E-state index contributed by atoms with van der Waals surface area (Å²) in [4.78, 5) is 13.4. The number of carbonyl (C=O) groups is 1. The number of fused-ring (bicyclic) bond motifs is 1. The van der Waals surface area contributed by atoms with E-state index in [0.717, 1.165) is 17.5 Å².